The zero-order chi connectivity index (χ0) is 12.3. The molecule has 2 aromatic rings. The summed E-state index contributed by atoms with van der Waals surface area (Å²) in [6.07, 6.45) is 1.49. The topological polar surface area (TPSA) is 54.3 Å². The van der Waals surface area contributed by atoms with Crippen LogP contribution in [0.25, 0.3) is 0 Å². The van der Waals surface area contributed by atoms with Gasteiger partial charge in [-0.2, -0.15) is 0 Å². The Kier molecular flexibility index (Phi) is 3.35. The van der Waals surface area contributed by atoms with Crippen molar-refractivity contribution in [3.05, 3.63) is 47.2 Å². The van der Waals surface area contributed by atoms with Gasteiger partial charge in [0.25, 0.3) is 0 Å². The lowest BCUT2D eigenvalue weighted by molar-refractivity contribution is 0.261. The van der Waals surface area contributed by atoms with Gasteiger partial charge in [-0.05, 0) is 36.8 Å². The first kappa shape index (κ1) is 11.5. The van der Waals surface area contributed by atoms with Gasteiger partial charge in [-0.3, -0.25) is 5.32 Å². The lowest BCUT2D eigenvalue weighted by Crippen LogP contribution is -2.19. The van der Waals surface area contributed by atoms with Gasteiger partial charge < -0.3 is 9.73 Å². The maximum Gasteiger partial charge on any atom is 0.326 e. The van der Waals surface area contributed by atoms with Crippen LogP contribution in [0, 0.1) is 6.92 Å². The number of anilines is 2. The highest BCUT2D eigenvalue weighted by molar-refractivity contribution is 6.30. The Morgan fingerprint density at radius 1 is 1.29 bits per heavy atom. The lowest BCUT2D eigenvalue weighted by Gasteiger charge is -2.08. The van der Waals surface area contributed by atoms with Crippen molar-refractivity contribution in [2.75, 3.05) is 10.6 Å². The van der Waals surface area contributed by atoms with Crippen LogP contribution in [0.5, 0.6) is 0 Å². The van der Waals surface area contributed by atoms with Crippen LogP contribution in [0.3, 0.4) is 0 Å². The van der Waals surface area contributed by atoms with Crippen LogP contribution < -0.4 is 10.6 Å². The SMILES string of the molecule is Cc1cc(Cl)ccc1NC(=O)Nc1ccco1. The van der Waals surface area contributed by atoms with E-state index in [0.29, 0.717) is 16.6 Å². The van der Waals surface area contributed by atoms with E-state index in [1.54, 1.807) is 30.3 Å². The molecular formula is C12H11ClN2O2. The first-order chi connectivity index (χ1) is 8.15. The van der Waals surface area contributed by atoms with E-state index in [4.69, 9.17) is 16.0 Å². The quantitative estimate of drug-likeness (QED) is 0.850. The fourth-order valence-electron chi connectivity index (χ4n) is 1.38. The number of amides is 2. The third-order valence-electron chi connectivity index (χ3n) is 2.19. The number of rotatable bonds is 2. The minimum atomic E-state index is -0.356. The summed E-state index contributed by atoms with van der Waals surface area (Å²) in [5.74, 6) is 0.397. The molecule has 0 radical (unpaired) electrons. The average molecular weight is 251 g/mol. The van der Waals surface area contributed by atoms with Crippen LogP contribution in [-0.2, 0) is 0 Å². The molecule has 0 atom stereocenters. The summed E-state index contributed by atoms with van der Waals surface area (Å²) in [4.78, 5) is 11.6. The van der Waals surface area contributed by atoms with Crippen LogP contribution in [0.15, 0.2) is 41.0 Å². The van der Waals surface area contributed by atoms with Crippen molar-refractivity contribution >= 4 is 29.2 Å². The highest BCUT2D eigenvalue weighted by atomic mass is 35.5. The number of urea groups is 1. The van der Waals surface area contributed by atoms with Gasteiger partial charge in [0, 0.05) is 16.8 Å². The van der Waals surface area contributed by atoms with Crippen molar-refractivity contribution in [2.45, 2.75) is 6.92 Å². The van der Waals surface area contributed by atoms with Gasteiger partial charge in [0.05, 0.1) is 6.26 Å². The van der Waals surface area contributed by atoms with Crippen LogP contribution in [0.4, 0.5) is 16.4 Å². The number of hydrogen-bond donors (Lipinski definition) is 2. The van der Waals surface area contributed by atoms with E-state index in [9.17, 15) is 4.79 Å². The van der Waals surface area contributed by atoms with Crippen LogP contribution in [0.1, 0.15) is 5.56 Å². The Bertz CT molecular complexity index is 523. The molecule has 0 fully saturated rings. The predicted molar refractivity (Wildman–Crippen MR) is 67.5 cm³/mol. The van der Waals surface area contributed by atoms with Crippen molar-refractivity contribution in [3.8, 4) is 0 Å². The van der Waals surface area contributed by atoms with E-state index >= 15 is 0 Å². The zero-order valence-corrected chi connectivity index (χ0v) is 9.91. The molecule has 0 saturated carbocycles. The number of hydrogen-bond acceptors (Lipinski definition) is 2. The molecule has 2 N–H and O–H groups in total. The highest BCUT2D eigenvalue weighted by Crippen LogP contribution is 2.19. The molecule has 0 unspecified atom stereocenters. The van der Waals surface area contributed by atoms with E-state index in [-0.39, 0.29) is 6.03 Å². The van der Waals surface area contributed by atoms with E-state index in [1.165, 1.54) is 6.26 Å². The molecule has 2 amide bonds. The number of aryl methyl sites for hydroxylation is 1. The second-order valence-corrected chi connectivity index (χ2v) is 3.95. The summed E-state index contributed by atoms with van der Waals surface area (Å²) in [7, 11) is 0. The summed E-state index contributed by atoms with van der Waals surface area (Å²) < 4.78 is 5.00. The first-order valence-corrected chi connectivity index (χ1v) is 5.40. The molecule has 88 valence electrons. The summed E-state index contributed by atoms with van der Waals surface area (Å²) >= 11 is 5.83. The number of carbonyl (C=O) groups is 1. The molecule has 5 heteroatoms. The van der Waals surface area contributed by atoms with Gasteiger partial charge in [-0.1, -0.05) is 11.6 Å². The number of furan rings is 1. The summed E-state index contributed by atoms with van der Waals surface area (Å²) in [6, 6.07) is 8.25. The summed E-state index contributed by atoms with van der Waals surface area (Å²) in [5, 5.41) is 5.91. The Balaban J connectivity index is 2.03. The number of benzene rings is 1. The Hall–Kier alpha value is -1.94. The molecule has 4 nitrogen and oxygen atoms in total. The maximum atomic E-state index is 11.6. The molecule has 0 aliphatic rings. The molecule has 1 aromatic heterocycles. The van der Waals surface area contributed by atoms with Crippen LogP contribution in [0.2, 0.25) is 5.02 Å². The van der Waals surface area contributed by atoms with Gasteiger partial charge in [0.2, 0.25) is 5.88 Å². The summed E-state index contributed by atoms with van der Waals surface area (Å²) in [5.41, 5.74) is 1.60. The minimum Gasteiger partial charge on any atom is -0.449 e. The fourth-order valence-corrected chi connectivity index (χ4v) is 1.61. The van der Waals surface area contributed by atoms with Gasteiger partial charge in [-0.15, -0.1) is 0 Å². The monoisotopic (exact) mass is 250 g/mol. The fraction of sp³-hybridized carbons (Fsp3) is 0.0833. The molecule has 0 saturated heterocycles. The third kappa shape index (κ3) is 3.01. The van der Waals surface area contributed by atoms with Crippen molar-refractivity contribution in [3.63, 3.8) is 0 Å². The van der Waals surface area contributed by atoms with Gasteiger partial charge in [-0.25, -0.2) is 4.79 Å². The van der Waals surface area contributed by atoms with Crippen LogP contribution in [-0.4, -0.2) is 6.03 Å². The molecule has 0 spiro atoms. The van der Waals surface area contributed by atoms with Crippen LogP contribution >= 0.6 is 11.6 Å². The van der Waals surface area contributed by atoms with Gasteiger partial charge >= 0.3 is 6.03 Å². The molecule has 1 aromatic carbocycles. The molecule has 0 aliphatic carbocycles. The van der Waals surface area contributed by atoms with Gasteiger partial charge in [0.1, 0.15) is 0 Å². The lowest BCUT2D eigenvalue weighted by atomic mass is 10.2. The summed E-state index contributed by atoms with van der Waals surface area (Å²) in [6.45, 7) is 1.87. The van der Waals surface area contributed by atoms with Crippen molar-refractivity contribution in [1.82, 2.24) is 0 Å². The Morgan fingerprint density at radius 2 is 2.12 bits per heavy atom. The molecule has 17 heavy (non-hydrogen) atoms. The molecule has 2 rings (SSSR count). The predicted octanol–water partition coefficient (Wildman–Crippen LogP) is 3.89. The third-order valence-corrected chi connectivity index (χ3v) is 2.43. The Labute approximate surface area is 104 Å². The van der Waals surface area contributed by atoms with Gasteiger partial charge in [0.15, 0.2) is 0 Å². The standard InChI is InChI=1S/C12H11ClN2O2/c1-8-7-9(13)4-5-10(8)14-12(16)15-11-3-2-6-17-11/h2-7H,1H3,(H2,14,15,16). The number of halogens is 1. The minimum absolute atomic E-state index is 0.356. The van der Waals surface area contributed by atoms with E-state index in [1.807, 2.05) is 6.92 Å². The molecular weight excluding hydrogens is 240 g/mol. The second kappa shape index (κ2) is 4.93. The van der Waals surface area contributed by atoms with E-state index in [0.717, 1.165) is 5.56 Å². The molecule has 0 aliphatic heterocycles. The highest BCUT2D eigenvalue weighted by Gasteiger charge is 2.06. The smallest absolute Gasteiger partial charge is 0.326 e. The van der Waals surface area contributed by atoms with Crippen molar-refractivity contribution in [2.24, 2.45) is 0 Å². The zero-order valence-electron chi connectivity index (χ0n) is 9.16. The Morgan fingerprint density at radius 3 is 2.76 bits per heavy atom. The maximum absolute atomic E-state index is 11.6. The van der Waals surface area contributed by atoms with E-state index in [2.05, 4.69) is 10.6 Å². The second-order valence-electron chi connectivity index (χ2n) is 3.52. The van der Waals surface area contributed by atoms with E-state index < -0.39 is 0 Å². The van der Waals surface area contributed by atoms with Crippen molar-refractivity contribution in [1.29, 1.82) is 0 Å². The first-order valence-electron chi connectivity index (χ1n) is 5.03. The molecule has 0 bridgehead atoms. The number of nitrogens with one attached hydrogen (secondary N) is 2. The normalized spacial score (nSPS) is 10.0. The van der Waals surface area contributed by atoms with Crippen molar-refractivity contribution < 1.29 is 9.21 Å². The number of carbonyl (C=O) groups excluding carboxylic acids is 1. The molecule has 1 heterocycles. The average Bonchev–Trinajstić information content (AvgIpc) is 2.75. The largest absolute Gasteiger partial charge is 0.449 e.